The fourth-order valence-corrected chi connectivity index (χ4v) is 2.62. The van der Waals surface area contributed by atoms with Gasteiger partial charge in [-0.2, -0.15) is 0 Å². The lowest BCUT2D eigenvalue weighted by Gasteiger charge is -2.19. The van der Waals surface area contributed by atoms with Crippen molar-refractivity contribution in [1.82, 2.24) is 0 Å². The molecule has 2 N–H and O–H groups in total. The average Bonchev–Trinajstić information content (AvgIpc) is 3.16. The Labute approximate surface area is 123 Å². The van der Waals surface area contributed by atoms with Crippen LogP contribution in [0.1, 0.15) is 24.4 Å². The van der Waals surface area contributed by atoms with Gasteiger partial charge in [-0.3, -0.25) is 0 Å². The highest BCUT2D eigenvalue weighted by Crippen LogP contribution is 2.26. The number of nitrogens with one attached hydrogen (secondary N) is 1. The standard InChI is InChI=1S/C16H19FN2O2/c17-15-9-12(3-6-16(15)19-7-1-2-8-19)18-10-13-4-5-14(11-20)21-13/h3-6,9,18,20H,1-2,7-8,10-11H2. The summed E-state index contributed by atoms with van der Waals surface area (Å²) in [6.45, 7) is 2.21. The summed E-state index contributed by atoms with van der Waals surface area (Å²) in [6.07, 6.45) is 2.26. The zero-order valence-electron chi connectivity index (χ0n) is 11.8. The Balaban J connectivity index is 1.64. The van der Waals surface area contributed by atoms with Gasteiger partial charge < -0.3 is 19.7 Å². The first-order chi connectivity index (χ1) is 10.3. The van der Waals surface area contributed by atoms with Crippen LogP contribution in [0, 0.1) is 5.82 Å². The van der Waals surface area contributed by atoms with E-state index in [1.807, 2.05) is 12.1 Å². The lowest BCUT2D eigenvalue weighted by molar-refractivity contribution is 0.244. The lowest BCUT2D eigenvalue weighted by Crippen LogP contribution is -2.18. The number of aliphatic hydroxyl groups excluding tert-OH is 1. The van der Waals surface area contributed by atoms with E-state index in [1.54, 1.807) is 12.1 Å². The van der Waals surface area contributed by atoms with Gasteiger partial charge >= 0.3 is 0 Å². The van der Waals surface area contributed by atoms with Crippen molar-refractivity contribution in [2.24, 2.45) is 0 Å². The van der Waals surface area contributed by atoms with Crippen molar-refractivity contribution in [3.63, 3.8) is 0 Å². The monoisotopic (exact) mass is 290 g/mol. The third-order valence-corrected chi connectivity index (χ3v) is 3.73. The molecule has 2 heterocycles. The molecule has 1 aromatic carbocycles. The molecule has 1 aliphatic rings. The van der Waals surface area contributed by atoms with Crippen molar-refractivity contribution in [3.05, 3.63) is 47.7 Å². The van der Waals surface area contributed by atoms with Gasteiger partial charge in [-0.1, -0.05) is 0 Å². The number of nitrogens with zero attached hydrogens (tertiary/aromatic N) is 1. The average molecular weight is 290 g/mol. The van der Waals surface area contributed by atoms with Gasteiger partial charge in [-0.15, -0.1) is 0 Å². The Morgan fingerprint density at radius 3 is 2.57 bits per heavy atom. The molecular formula is C16H19FN2O2. The van der Waals surface area contributed by atoms with Crippen LogP contribution in [-0.4, -0.2) is 18.2 Å². The van der Waals surface area contributed by atoms with E-state index in [2.05, 4.69) is 10.2 Å². The summed E-state index contributed by atoms with van der Waals surface area (Å²) >= 11 is 0. The molecule has 0 saturated carbocycles. The molecule has 0 atom stereocenters. The minimum atomic E-state index is -0.197. The first-order valence-electron chi connectivity index (χ1n) is 7.23. The Hall–Kier alpha value is -2.01. The molecule has 1 aliphatic heterocycles. The summed E-state index contributed by atoms with van der Waals surface area (Å²) in [7, 11) is 0. The summed E-state index contributed by atoms with van der Waals surface area (Å²) in [6, 6.07) is 8.75. The number of aliphatic hydroxyl groups is 1. The van der Waals surface area contributed by atoms with E-state index >= 15 is 0 Å². The summed E-state index contributed by atoms with van der Waals surface area (Å²) < 4.78 is 19.5. The molecule has 21 heavy (non-hydrogen) atoms. The van der Waals surface area contributed by atoms with E-state index in [9.17, 15) is 4.39 Å². The van der Waals surface area contributed by atoms with Crippen molar-refractivity contribution >= 4 is 11.4 Å². The fourth-order valence-electron chi connectivity index (χ4n) is 2.62. The van der Waals surface area contributed by atoms with E-state index in [1.165, 1.54) is 6.07 Å². The summed E-state index contributed by atoms with van der Waals surface area (Å²) in [4.78, 5) is 2.08. The van der Waals surface area contributed by atoms with Crippen LogP contribution in [0.2, 0.25) is 0 Å². The Kier molecular flexibility index (Phi) is 4.10. The van der Waals surface area contributed by atoms with Crippen LogP contribution in [0.25, 0.3) is 0 Å². The van der Waals surface area contributed by atoms with Crippen molar-refractivity contribution in [2.45, 2.75) is 26.0 Å². The summed E-state index contributed by atoms with van der Waals surface area (Å²) in [5.74, 6) is 1.04. The van der Waals surface area contributed by atoms with Gasteiger partial charge in [0.25, 0.3) is 0 Å². The van der Waals surface area contributed by atoms with Gasteiger partial charge in [0, 0.05) is 18.8 Å². The SMILES string of the molecule is OCc1ccc(CNc2ccc(N3CCCC3)c(F)c2)o1. The molecule has 0 bridgehead atoms. The van der Waals surface area contributed by atoms with Gasteiger partial charge in [0.1, 0.15) is 23.9 Å². The summed E-state index contributed by atoms with van der Waals surface area (Å²) in [5, 5.41) is 12.1. The fraction of sp³-hybridized carbons (Fsp3) is 0.375. The third-order valence-electron chi connectivity index (χ3n) is 3.73. The Bertz CT molecular complexity index is 606. The minimum Gasteiger partial charge on any atom is -0.462 e. The number of rotatable bonds is 5. The second kappa shape index (κ2) is 6.18. The van der Waals surface area contributed by atoms with Crippen LogP contribution in [0.4, 0.5) is 15.8 Å². The smallest absolute Gasteiger partial charge is 0.148 e. The topological polar surface area (TPSA) is 48.6 Å². The van der Waals surface area contributed by atoms with Crippen LogP contribution < -0.4 is 10.2 Å². The van der Waals surface area contributed by atoms with E-state index in [0.717, 1.165) is 31.6 Å². The van der Waals surface area contributed by atoms with E-state index in [-0.39, 0.29) is 12.4 Å². The molecule has 4 nitrogen and oxygen atoms in total. The molecule has 5 heteroatoms. The molecule has 0 spiro atoms. The molecule has 112 valence electrons. The number of anilines is 2. The van der Waals surface area contributed by atoms with Crippen LogP contribution in [0.3, 0.4) is 0 Å². The van der Waals surface area contributed by atoms with Crippen molar-refractivity contribution in [2.75, 3.05) is 23.3 Å². The number of benzene rings is 1. The number of furan rings is 1. The molecule has 2 aromatic rings. The predicted octanol–water partition coefficient (Wildman–Crippen LogP) is 3.12. The van der Waals surface area contributed by atoms with E-state index < -0.39 is 0 Å². The summed E-state index contributed by atoms with van der Waals surface area (Å²) in [5.41, 5.74) is 1.40. The predicted molar refractivity (Wildman–Crippen MR) is 79.8 cm³/mol. The number of hydrogen-bond donors (Lipinski definition) is 2. The molecule has 3 rings (SSSR count). The van der Waals surface area contributed by atoms with Crippen molar-refractivity contribution in [3.8, 4) is 0 Å². The zero-order chi connectivity index (χ0) is 14.7. The third kappa shape index (κ3) is 3.19. The van der Waals surface area contributed by atoms with E-state index in [4.69, 9.17) is 9.52 Å². The maximum absolute atomic E-state index is 14.1. The minimum absolute atomic E-state index is 0.112. The molecular weight excluding hydrogens is 271 g/mol. The molecule has 0 aliphatic carbocycles. The van der Waals surface area contributed by atoms with Crippen molar-refractivity contribution in [1.29, 1.82) is 0 Å². The van der Waals surface area contributed by atoms with Gasteiger partial charge in [-0.05, 0) is 43.2 Å². The van der Waals surface area contributed by atoms with Crippen LogP contribution in [0.15, 0.2) is 34.7 Å². The first-order valence-corrected chi connectivity index (χ1v) is 7.23. The molecule has 1 aromatic heterocycles. The normalized spacial score (nSPS) is 14.7. The van der Waals surface area contributed by atoms with Crippen LogP contribution in [-0.2, 0) is 13.2 Å². The lowest BCUT2D eigenvalue weighted by atomic mass is 10.2. The van der Waals surface area contributed by atoms with Crippen LogP contribution in [0.5, 0.6) is 0 Å². The van der Waals surface area contributed by atoms with Gasteiger partial charge in [0.2, 0.25) is 0 Å². The van der Waals surface area contributed by atoms with Gasteiger partial charge in [-0.25, -0.2) is 4.39 Å². The van der Waals surface area contributed by atoms with Gasteiger partial charge in [0.05, 0.1) is 12.2 Å². The molecule has 0 unspecified atom stereocenters. The Morgan fingerprint density at radius 1 is 1.14 bits per heavy atom. The quantitative estimate of drug-likeness (QED) is 0.888. The molecule has 1 saturated heterocycles. The second-order valence-electron chi connectivity index (χ2n) is 5.24. The molecule has 0 radical (unpaired) electrons. The highest BCUT2D eigenvalue weighted by molar-refractivity contribution is 5.56. The largest absolute Gasteiger partial charge is 0.462 e. The second-order valence-corrected chi connectivity index (χ2v) is 5.24. The van der Waals surface area contributed by atoms with Crippen LogP contribution >= 0.6 is 0 Å². The van der Waals surface area contributed by atoms with Crippen molar-refractivity contribution < 1.29 is 13.9 Å². The maximum Gasteiger partial charge on any atom is 0.148 e. The highest BCUT2D eigenvalue weighted by atomic mass is 19.1. The molecule has 1 fully saturated rings. The zero-order valence-corrected chi connectivity index (χ0v) is 11.8. The molecule has 0 amide bonds. The Morgan fingerprint density at radius 2 is 1.90 bits per heavy atom. The maximum atomic E-state index is 14.1. The number of halogens is 1. The van der Waals surface area contributed by atoms with Gasteiger partial charge in [0.15, 0.2) is 0 Å². The highest BCUT2D eigenvalue weighted by Gasteiger charge is 2.16. The first kappa shape index (κ1) is 13.9. The number of hydrogen-bond acceptors (Lipinski definition) is 4. The van der Waals surface area contributed by atoms with E-state index in [0.29, 0.717) is 23.8 Å².